The Bertz CT molecular complexity index is 2830. The van der Waals surface area contributed by atoms with Crippen molar-refractivity contribution in [2.75, 3.05) is 71.9 Å². The van der Waals surface area contributed by atoms with Crippen LogP contribution >= 0.6 is 0 Å². The molecule has 6 aromatic rings. The molecular weight excluding hydrogens is 927 g/mol. The van der Waals surface area contributed by atoms with Crippen LogP contribution in [-0.2, 0) is 9.47 Å². The number of hydrogen-bond donors (Lipinski definition) is 0. The molecule has 2 fully saturated rings. The van der Waals surface area contributed by atoms with Crippen LogP contribution in [0.4, 0.5) is 5.82 Å². The summed E-state index contributed by atoms with van der Waals surface area (Å²) in [5.41, 5.74) is 8.60. The molecule has 0 spiro atoms. The third-order valence-electron chi connectivity index (χ3n) is 13.4. The summed E-state index contributed by atoms with van der Waals surface area (Å²) in [5, 5.41) is 4.47. The molecule has 2 saturated heterocycles. The molecule has 9 rings (SSSR count). The Hall–Kier alpha value is -7.36. The van der Waals surface area contributed by atoms with E-state index in [-0.39, 0.29) is 11.8 Å². The van der Waals surface area contributed by atoms with Crippen molar-refractivity contribution >= 4 is 30.2 Å². The van der Waals surface area contributed by atoms with Crippen molar-refractivity contribution in [3.05, 3.63) is 154 Å². The van der Waals surface area contributed by atoms with Crippen LogP contribution in [0.5, 0.6) is 29.0 Å². The smallest absolute Gasteiger partial charge is 0.220 e. The first kappa shape index (κ1) is 53.4. The van der Waals surface area contributed by atoms with Crippen molar-refractivity contribution in [3.63, 3.8) is 0 Å². The molecule has 3 aliphatic rings. The maximum Gasteiger partial charge on any atom is 0.220 e. The van der Waals surface area contributed by atoms with Gasteiger partial charge in [-0.05, 0) is 118 Å². The molecule has 3 atom stereocenters. The molecule has 0 radical (unpaired) electrons. The van der Waals surface area contributed by atoms with Crippen LogP contribution in [-0.4, -0.2) is 112 Å². The number of aldehydes is 3. The number of piperidine rings is 1. The molecule has 0 aliphatic carbocycles. The highest BCUT2D eigenvalue weighted by Gasteiger charge is 2.33. The molecule has 15 heteroatoms. The summed E-state index contributed by atoms with van der Waals surface area (Å²) in [7, 11) is 3.22. The number of aromatic nitrogens is 4. The Morgan fingerprint density at radius 3 is 1.88 bits per heavy atom. The van der Waals surface area contributed by atoms with Gasteiger partial charge in [0, 0.05) is 54.0 Å². The van der Waals surface area contributed by atoms with E-state index in [0.29, 0.717) is 104 Å². The summed E-state index contributed by atoms with van der Waals surface area (Å²) < 4.78 is 41.9. The van der Waals surface area contributed by atoms with E-state index >= 15 is 0 Å². The molecule has 384 valence electrons. The fourth-order valence-corrected chi connectivity index (χ4v) is 9.36. The zero-order valence-corrected chi connectivity index (χ0v) is 43.0. The average molecular weight is 994 g/mol. The van der Waals surface area contributed by atoms with Gasteiger partial charge < -0.3 is 38.1 Å². The molecule has 3 aromatic heterocycles. The third kappa shape index (κ3) is 13.2. The Morgan fingerprint density at radius 2 is 1.26 bits per heavy atom. The minimum Gasteiger partial charge on any atom is -0.492 e. The fraction of sp³-hybridized carbons (Fsp3) is 0.379. The molecule has 0 amide bonds. The maximum absolute atomic E-state index is 11.4. The van der Waals surface area contributed by atoms with E-state index in [1.54, 1.807) is 32.7 Å². The van der Waals surface area contributed by atoms with Gasteiger partial charge in [-0.2, -0.15) is 5.10 Å². The number of carbonyl (C=O) groups is 3. The van der Waals surface area contributed by atoms with Crippen molar-refractivity contribution in [2.24, 2.45) is 5.92 Å². The topological polar surface area (TPSA) is 163 Å². The zero-order valence-electron chi connectivity index (χ0n) is 43.0. The Morgan fingerprint density at radius 1 is 0.658 bits per heavy atom. The van der Waals surface area contributed by atoms with E-state index < -0.39 is 0 Å². The van der Waals surface area contributed by atoms with Gasteiger partial charge in [0.25, 0.3) is 0 Å². The van der Waals surface area contributed by atoms with Crippen molar-refractivity contribution < 1.29 is 47.5 Å². The second-order valence-corrected chi connectivity index (χ2v) is 18.4. The molecule has 3 aliphatic heterocycles. The van der Waals surface area contributed by atoms with Gasteiger partial charge in [0.2, 0.25) is 11.8 Å². The van der Waals surface area contributed by atoms with E-state index in [9.17, 15) is 14.4 Å². The van der Waals surface area contributed by atoms with E-state index in [1.165, 1.54) is 12.8 Å². The van der Waals surface area contributed by atoms with Crippen LogP contribution in [0.25, 0.3) is 5.57 Å². The summed E-state index contributed by atoms with van der Waals surface area (Å²) in [6.07, 6.45) is 11.3. The van der Waals surface area contributed by atoms with Gasteiger partial charge in [-0.25, -0.2) is 14.6 Å². The van der Waals surface area contributed by atoms with Gasteiger partial charge in [0.1, 0.15) is 36.3 Å². The fourth-order valence-electron chi connectivity index (χ4n) is 9.36. The predicted molar refractivity (Wildman–Crippen MR) is 280 cm³/mol. The SMILES string of the molecule is COc1ncccc1C1=C(COc2cccc(C)c2C=O)COC1.COc1ncccc1[C@H]1COC[C@H]1COc1cccc(C)c1C=O.Cc1cccc(OC[C@@H]2CCCCN2c2ccnn2C(C)C)c1C=O. The molecule has 0 N–H and O–H groups in total. The minimum atomic E-state index is 0.165. The van der Waals surface area contributed by atoms with E-state index in [0.717, 1.165) is 76.6 Å². The molecule has 73 heavy (non-hydrogen) atoms. The van der Waals surface area contributed by atoms with Gasteiger partial charge in [-0.3, -0.25) is 14.4 Å². The number of hydrogen-bond acceptors (Lipinski definition) is 14. The number of benzene rings is 3. The minimum absolute atomic E-state index is 0.165. The predicted octanol–water partition coefficient (Wildman–Crippen LogP) is 10.1. The van der Waals surface area contributed by atoms with Crippen molar-refractivity contribution in [1.29, 1.82) is 0 Å². The molecule has 15 nitrogen and oxygen atoms in total. The van der Waals surface area contributed by atoms with Gasteiger partial charge in [0.05, 0.1) is 76.2 Å². The van der Waals surface area contributed by atoms with Crippen LogP contribution in [0.1, 0.15) is 104 Å². The lowest BCUT2D eigenvalue weighted by Gasteiger charge is -2.37. The van der Waals surface area contributed by atoms with Crippen LogP contribution in [0.15, 0.2) is 109 Å². The Labute approximate surface area is 428 Å². The van der Waals surface area contributed by atoms with E-state index in [1.807, 2.05) is 99.8 Å². The lowest BCUT2D eigenvalue weighted by atomic mass is 9.90. The highest BCUT2D eigenvalue weighted by molar-refractivity contribution is 5.83. The van der Waals surface area contributed by atoms with Crippen LogP contribution in [0.2, 0.25) is 0 Å². The number of pyridine rings is 2. The van der Waals surface area contributed by atoms with Gasteiger partial charge >= 0.3 is 0 Å². The largest absolute Gasteiger partial charge is 0.492 e. The van der Waals surface area contributed by atoms with Crippen molar-refractivity contribution in [3.8, 4) is 29.0 Å². The summed E-state index contributed by atoms with van der Waals surface area (Å²) in [5.74, 6) is 4.58. The van der Waals surface area contributed by atoms with Crippen LogP contribution in [0.3, 0.4) is 0 Å². The van der Waals surface area contributed by atoms with E-state index in [4.69, 9.17) is 33.2 Å². The van der Waals surface area contributed by atoms with Gasteiger partial charge in [-0.15, -0.1) is 0 Å². The first-order chi connectivity index (χ1) is 35.6. The van der Waals surface area contributed by atoms with E-state index in [2.05, 4.69) is 44.6 Å². The number of aryl methyl sites for hydroxylation is 3. The summed E-state index contributed by atoms with van der Waals surface area (Å²) in [6.45, 7) is 14.7. The van der Waals surface area contributed by atoms with Crippen molar-refractivity contribution in [2.45, 2.75) is 71.9 Å². The highest BCUT2D eigenvalue weighted by atomic mass is 16.5. The lowest BCUT2D eigenvalue weighted by molar-refractivity contribution is 0.110. The number of ether oxygens (including phenoxy) is 7. The van der Waals surface area contributed by atoms with Gasteiger partial charge in [-0.1, -0.05) is 42.5 Å². The quantitative estimate of drug-likeness (QED) is 0.0748. The van der Waals surface area contributed by atoms with Gasteiger partial charge in [0.15, 0.2) is 18.9 Å². The Kier molecular flexibility index (Phi) is 19.3. The number of rotatable bonds is 18. The summed E-state index contributed by atoms with van der Waals surface area (Å²) >= 11 is 0. The molecule has 3 aromatic carbocycles. The first-order valence-corrected chi connectivity index (χ1v) is 24.8. The highest BCUT2D eigenvalue weighted by Crippen LogP contribution is 2.37. The zero-order chi connectivity index (χ0) is 51.7. The van der Waals surface area contributed by atoms with Crippen LogP contribution in [0, 0.1) is 26.7 Å². The Balaban J connectivity index is 0.000000160. The number of carbonyl (C=O) groups excluding carboxylic acids is 3. The maximum atomic E-state index is 11.4. The second kappa shape index (κ2) is 26.4. The first-order valence-electron chi connectivity index (χ1n) is 24.8. The summed E-state index contributed by atoms with van der Waals surface area (Å²) in [4.78, 5) is 44.8. The molecule has 6 heterocycles. The molecule has 0 bridgehead atoms. The normalized spacial score (nSPS) is 17.2. The third-order valence-corrected chi connectivity index (χ3v) is 13.4. The number of nitrogens with zero attached hydrogens (tertiary/aromatic N) is 5. The monoisotopic (exact) mass is 993 g/mol. The average Bonchev–Trinajstić information content (AvgIpc) is 4.22. The summed E-state index contributed by atoms with van der Waals surface area (Å²) in [6, 6.07) is 27.4. The lowest BCUT2D eigenvalue weighted by Crippen LogP contribution is -2.44. The van der Waals surface area contributed by atoms with Crippen molar-refractivity contribution in [1.82, 2.24) is 19.7 Å². The molecular formula is C58H67N5O10. The second-order valence-electron chi connectivity index (χ2n) is 18.4. The molecule has 0 unspecified atom stereocenters. The standard InChI is InChI=1S/C20H27N3O2.C19H21NO4.C19H19NO4/c1-15(2)23-20(10-11-21-23)22-12-5-4-8-17(22)14-25-19-9-6-7-16(3)18(19)13-24;2*1-13-5-3-7-18(16(13)9-21)24-11-14-10-23-12-17(14)15-6-4-8-20-19(15)22-2/h6-7,9-11,13,15,17H,4-5,8,12,14H2,1-3H3;3-9,14,17H,10-12H2,1-2H3;3-9H,10-12H2,1-2H3/t17-;14-,17-;/m00./s1. The van der Waals surface area contributed by atoms with Crippen LogP contribution < -0.4 is 28.6 Å². The molecule has 0 saturated carbocycles. The number of anilines is 1. The number of methoxy groups -OCH3 is 2.